The quantitative estimate of drug-likeness (QED) is 0.0262. The number of ether oxygens (including phenoxy) is 3. The summed E-state index contributed by atoms with van der Waals surface area (Å²) in [5, 5.41) is 0. The molecule has 6 heteroatoms. The molecular weight excluding hydrogens is 793 g/mol. The van der Waals surface area contributed by atoms with Crippen LogP contribution in [0.1, 0.15) is 310 Å². The van der Waals surface area contributed by atoms with E-state index < -0.39 is 6.10 Å². The molecule has 1 atom stereocenters. The van der Waals surface area contributed by atoms with E-state index in [-0.39, 0.29) is 31.1 Å². The SMILES string of the molecule is CCCCCCC/C=C\C/C=C\CCCCCCCCCCCCCC(=O)OCC(COC(=O)CCCCCCCC)OC(=O)CCCCCCCCCCCCCCCCCCC. The highest BCUT2D eigenvalue weighted by atomic mass is 16.6. The first kappa shape index (κ1) is 61.9. The first-order chi connectivity index (χ1) is 31.5. The van der Waals surface area contributed by atoms with Crippen LogP contribution in [0.3, 0.4) is 0 Å². The molecule has 0 spiro atoms. The summed E-state index contributed by atoms with van der Waals surface area (Å²) in [5.74, 6) is -0.861. The predicted octanol–water partition coefficient (Wildman–Crippen LogP) is 18.7. The van der Waals surface area contributed by atoms with Gasteiger partial charge in [0.2, 0.25) is 0 Å². The maximum Gasteiger partial charge on any atom is 0.306 e. The smallest absolute Gasteiger partial charge is 0.306 e. The summed E-state index contributed by atoms with van der Waals surface area (Å²) in [7, 11) is 0. The Morgan fingerprint density at radius 2 is 0.562 bits per heavy atom. The largest absolute Gasteiger partial charge is 0.462 e. The molecule has 0 aliphatic heterocycles. The summed E-state index contributed by atoms with van der Waals surface area (Å²) in [5.41, 5.74) is 0. The van der Waals surface area contributed by atoms with Crippen molar-refractivity contribution in [3.8, 4) is 0 Å². The lowest BCUT2D eigenvalue weighted by molar-refractivity contribution is -0.167. The van der Waals surface area contributed by atoms with Crippen molar-refractivity contribution in [1.29, 1.82) is 0 Å². The van der Waals surface area contributed by atoms with Crippen molar-refractivity contribution in [3.05, 3.63) is 24.3 Å². The summed E-state index contributed by atoms with van der Waals surface area (Å²) < 4.78 is 16.8. The van der Waals surface area contributed by atoms with Gasteiger partial charge in [0.25, 0.3) is 0 Å². The van der Waals surface area contributed by atoms with Crippen molar-refractivity contribution in [1.82, 2.24) is 0 Å². The van der Waals surface area contributed by atoms with E-state index >= 15 is 0 Å². The monoisotopic (exact) mass is 901 g/mol. The van der Waals surface area contributed by atoms with Crippen molar-refractivity contribution in [2.24, 2.45) is 0 Å². The highest BCUT2D eigenvalue weighted by Gasteiger charge is 2.19. The summed E-state index contributed by atoms with van der Waals surface area (Å²) in [6, 6.07) is 0. The van der Waals surface area contributed by atoms with Crippen molar-refractivity contribution < 1.29 is 28.6 Å². The van der Waals surface area contributed by atoms with Gasteiger partial charge >= 0.3 is 17.9 Å². The maximum atomic E-state index is 12.8. The third kappa shape index (κ3) is 50.9. The Hall–Kier alpha value is -2.11. The van der Waals surface area contributed by atoms with Crippen LogP contribution in [0.25, 0.3) is 0 Å². The third-order valence-corrected chi connectivity index (χ3v) is 12.7. The van der Waals surface area contributed by atoms with Crippen molar-refractivity contribution in [2.45, 2.75) is 316 Å². The zero-order valence-electron chi connectivity index (χ0n) is 43.1. The van der Waals surface area contributed by atoms with E-state index in [1.807, 2.05) is 0 Å². The molecular formula is C58H108O6. The van der Waals surface area contributed by atoms with Crippen molar-refractivity contribution in [3.63, 3.8) is 0 Å². The van der Waals surface area contributed by atoms with Crippen molar-refractivity contribution >= 4 is 17.9 Å². The van der Waals surface area contributed by atoms with E-state index in [9.17, 15) is 14.4 Å². The van der Waals surface area contributed by atoms with Crippen LogP contribution in [0.5, 0.6) is 0 Å². The second-order valence-corrected chi connectivity index (χ2v) is 19.2. The van der Waals surface area contributed by atoms with E-state index in [0.717, 1.165) is 64.2 Å². The van der Waals surface area contributed by atoms with Crippen LogP contribution in [0, 0.1) is 0 Å². The van der Waals surface area contributed by atoms with Gasteiger partial charge in [-0.2, -0.15) is 0 Å². The fourth-order valence-corrected chi connectivity index (χ4v) is 8.42. The van der Waals surface area contributed by atoms with Crippen LogP contribution < -0.4 is 0 Å². The van der Waals surface area contributed by atoms with Gasteiger partial charge in [-0.15, -0.1) is 0 Å². The average molecular weight is 901 g/mol. The van der Waals surface area contributed by atoms with E-state index in [1.165, 1.54) is 205 Å². The number of hydrogen-bond donors (Lipinski definition) is 0. The van der Waals surface area contributed by atoms with Gasteiger partial charge in [0, 0.05) is 19.3 Å². The van der Waals surface area contributed by atoms with Crippen LogP contribution in [0.4, 0.5) is 0 Å². The van der Waals surface area contributed by atoms with E-state index in [1.54, 1.807) is 0 Å². The van der Waals surface area contributed by atoms with Crippen LogP contribution >= 0.6 is 0 Å². The molecule has 0 radical (unpaired) electrons. The molecule has 0 aliphatic rings. The molecule has 64 heavy (non-hydrogen) atoms. The second kappa shape index (κ2) is 53.5. The van der Waals surface area contributed by atoms with Crippen LogP contribution in [-0.2, 0) is 28.6 Å². The van der Waals surface area contributed by atoms with Gasteiger partial charge in [-0.05, 0) is 51.4 Å². The minimum Gasteiger partial charge on any atom is -0.462 e. The number of rotatable bonds is 52. The molecule has 0 N–H and O–H groups in total. The van der Waals surface area contributed by atoms with Gasteiger partial charge in [0.05, 0.1) is 0 Å². The number of hydrogen-bond acceptors (Lipinski definition) is 6. The minimum absolute atomic E-state index is 0.0679. The van der Waals surface area contributed by atoms with Gasteiger partial charge in [0.15, 0.2) is 6.10 Å². The van der Waals surface area contributed by atoms with Gasteiger partial charge in [-0.1, -0.05) is 263 Å². The highest BCUT2D eigenvalue weighted by molar-refractivity contribution is 5.71. The summed E-state index contributed by atoms with van der Waals surface area (Å²) in [6.07, 6.45) is 62.0. The molecule has 0 saturated carbocycles. The molecule has 0 heterocycles. The van der Waals surface area contributed by atoms with Gasteiger partial charge in [-0.3, -0.25) is 14.4 Å². The Labute approximate surface area is 398 Å². The van der Waals surface area contributed by atoms with Crippen LogP contribution in [0.2, 0.25) is 0 Å². The number of carbonyl (C=O) groups is 3. The highest BCUT2D eigenvalue weighted by Crippen LogP contribution is 2.17. The molecule has 6 nitrogen and oxygen atoms in total. The van der Waals surface area contributed by atoms with Crippen molar-refractivity contribution in [2.75, 3.05) is 13.2 Å². The predicted molar refractivity (Wildman–Crippen MR) is 275 cm³/mol. The number of unbranched alkanes of at least 4 members (excludes halogenated alkanes) is 37. The molecule has 0 aromatic heterocycles. The number of esters is 3. The zero-order chi connectivity index (χ0) is 46.5. The van der Waals surface area contributed by atoms with Gasteiger partial charge in [-0.25, -0.2) is 0 Å². The molecule has 0 aromatic carbocycles. The molecule has 0 fully saturated rings. The summed E-state index contributed by atoms with van der Waals surface area (Å²) >= 11 is 0. The van der Waals surface area contributed by atoms with Crippen LogP contribution in [-0.4, -0.2) is 37.2 Å². The second-order valence-electron chi connectivity index (χ2n) is 19.2. The zero-order valence-corrected chi connectivity index (χ0v) is 43.1. The lowest BCUT2D eigenvalue weighted by Gasteiger charge is -2.18. The van der Waals surface area contributed by atoms with Gasteiger partial charge < -0.3 is 14.2 Å². The summed E-state index contributed by atoms with van der Waals surface area (Å²) in [4.78, 5) is 37.8. The Balaban J connectivity index is 4.10. The van der Waals surface area contributed by atoms with Crippen LogP contribution in [0.15, 0.2) is 24.3 Å². The third-order valence-electron chi connectivity index (χ3n) is 12.7. The molecule has 1 unspecified atom stereocenters. The topological polar surface area (TPSA) is 78.9 Å². The molecule has 0 saturated heterocycles. The fraction of sp³-hybridized carbons (Fsp3) is 0.879. The Morgan fingerprint density at radius 3 is 0.859 bits per heavy atom. The normalized spacial score (nSPS) is 12.1. The molecule has 0 aromatic rings. The first-order valence-corrected chi connectivity index (χ1v) is 28.3. The Kier molecular flexibility index (Phi) is 51.7. The molecule has 376 valence electrons. The van der Waals surface area contributed by atoms with Gasteiger partial charge in [0.1, 0.15) is 13.2 Å². The Bertz CT molecular complexity index is 1040. The number of carbonyl (C=O) groups excluding carboxylic acids is 3. The Morgan fingerprint density at radius 1 is 0.312 bits per heavy atom. The number of allylic oxidation sites excluding steroid dienone is 4. The molecule has 0 bridgehead atoms. The molecule has 0 amide bonds. The minimum atomic E-state index is -0.764. The first-order valence-electron chi connectivity index (χ1n) is 28.3. The average Bonchev–Trinajstić information content (AvgIpc) is 3.29. The maximum absolute atomic E-state index is 12.8. The fourth-order valence-electron chi connectivity index (χ4n) is 8.42. The standard InChI is InChI=1S/C58H108O6/c1-4-7-10-13-16-18-20-22-24-26-27-28-29-30-31-33-34-36-38-40-42-45-48-51-57(60)63-54-55(53-62-56(59)50-47-44-15-12-9-6-3)64-58(61)52-49-46-43-41-39-37-35-32-25-23-21-19-17-14-11-8-5-2/h20,22,26-27,55H,4-19,21,23-25,28-54H2,1-3H3/b22-20-,27-26-. The molecule has 0 aliphatic carbocycles. The van der Waals surface area contributed by atoms with E-state index in [0.29, 0.717) is 19.3 Å². The van der Waals surface area contributed by atoms with E-state index in [2.05, 4.69) is 45.1 Å². The van der Waals surface area contributed by atoms with E-state index in [4.69, 9.17) is 14.2 Å². The lowest BCUT2D eigenvalue weighted by Crippen LogP contribution is -2.30. The molecule has 0 rings (SSSR count). The summed E-state index contributed by atoms with van der Waals surface area (Å²) in [6.45, 7) is 6.61. The lowest BCUT2D eigenvalue weighted by atomic mass is 10.0.